The van der Waals surface area contributed by atoms with E-state index in [2.05, 4.69) is 24.4 Å². The Bertz CT molecular complexity index is 671. The fourth-order valence-electron chi connectivity index (χ4n) is 2.55. The Labute approximate surface area is 135 Å². The van der Waals surface area contributed by atoms with Crippen LogP contribution in [0.3, 0.4) is 0 Å². The molecule has 5 N–H and O–H groups in total. The second-order valence-electron chi connectivity index (χ2n) is 5.44. The lowest BCUT2D eigenvalue weighted by Crippen LogP contribution is -2.88. The molecule has 3 amide bonds. The molecule has 0 unspecified atom stereocenters. The number of nitrogens with two attached hydrogens (primary N) is 2. The summed E-state index contributed by atoms with van der Waals surface area (Å²) in [4.78, 5) is 23.2. The molecule has 5 nitrogen and oxygen atoms in total. The summed E-state index contributed by atoms with van der Waals surface area (Å²) >= 11 is 0. The van der Waals surface area contributed by atoms with Crippen LogP contribution in [0.25, 0.3) is 0 Å². The smallest absolute Gasteiger partial charge is 0.319 e. The fraction of sp³-hybridized carbons (Fsp3) is 0.222. The molecule has 0 aliphatic heterocycles. The van der Waals surface area contributed by atoms with Gasteiger partial charge in [0.25, 0.3) is 5.91 Å². The average molecular weight is 312 g/mol. The lowest BCUT2D eigenvalue weighted by molar-refractivity contribution is -0.682. The molecule has 5 heteroatoms. The van der Waals surface area contributed by atoms with Crippen molar-refractivity contribution in [1.29, 1.82) is 0 Å². The molecule has 2 rings (SSSR count). The minimum Gasteiger partial charge on any atom is -0.351 e. The zero-order valence-corrected chi connectivity index (χ0v) is 13.2. The van der Waals surface area contributed by atoms with Gasteiger partial charge in [-0.2, -0.15) is 0 Å². The van der Waals surface area contributed by atoms with Gasteiger partial charge in [0.2, 0.25) is 0 Å². The highest BCUT2D eigenvalue weighted by atomic mass is 16.2. The van der Waals surface area contributed by atoms with Gasteiger partial charge in [-0.05, 0) is 18.1 Å². The van der Waals surface area contributed by atoms with Gasteiger partial charge in [0.05, 0.1) is 6.54 Å². The van der Waals surface area contributed by atoms with E-state index in [4.69, 9.17) is 5.73 Å². The highest BCUT2D eigenvalue weighted by Gasteiger charge is 2.24. The quantitative estimate of drug-likeness (QED) is 0.744. The number of amides is 3. The largest absolute Gasteiger partial charge is 0.351 e. The molecule has 0 aliphatic carbocycles. The maximum atomic E-state index is 12.2. The first-order valence-corrected chi connectivity index (χ1v) is 7.61. The van der Waals surface area contributed by atoms with Crippen LogP contribution in [0, 0.1) is 6.92 Å². The van der Waals surface area contributed by atoms with Crippen LogP contribution in [0.2, 0.25) is 0 Å². The molecule has 0 bridgehead atoms. The number of nitrogens with one attached hydrogen (secondary N) is 1. The SMILES string of the molecule is Cc1ccccc1CC[NH2+][C@@H](C(=O)NC(N)=O)c1ccccc1. The number of urea groups is 1. The van der Waals surface area contributed by atoms with Crippen LogP contribution >= 0.6 is 0 Å². The predicted octanol–water partition coefficient (Wildman–Crippen LogP) is 1.04. The van der Waals surface area contributed by atoms with E-state index in [1.54, 1.807) is 0 Å². The number of quaternary nitrogens is 1. The lowest BCUT2D eigenvalue weighted by atomic mass is 10.0. The topological polar surface area (TPSA) is 88.8 Å². The maximum absolute atomic E-state index is 12.2. The summed E-state index contributed by atoms with van der Waals surface area (Å²) in [7, 11) is 0. The molecule has 1 atom stereocenters. The van der Waals surface area contributed by atoms with Crippen LogP contribution in [0.15, 0.2) is 54.6 Å². The van der Waals surface area contributed by atoms with Gasteiger partial charge in [0.1, 0.15) is 0 Å². The minimum absolute atomic E-state index is 0.395. The van der Waals surface area contributed by atoms with Gasteiger partial charge in [0.15, 0.2) is 6.04 Å². The first kappa shape index (κ1) is 16.7. The number of carbonyl (C=O) groups is 2. The molecule has 0 heterocycles. The molecular weight excluding hydrogens is 290 g/mol. The lowest BCUT2D eigenvalue weighted by Gasteiger charge is -2.15. The van der Waals surface area contributed by atoms with Crippen molar-refractivity contribution in [2.75, 3.05) is 6.54 Å². The fourth-order valence-corrected chi connectivity index (χ4v) is 2.55. The second-order valence-corrected chi connectivity index (χ2v) is 5.44. The Morgan fingerprint density at radius 1 is 1.09 bits per heavy atom. The van der Waals surface area contributed by atoms with Crippen LogP contribution in [-0.2, 0) is 11.2 Å². The first-order valence-electron chi connectivity index (χ1n) is 7.61. The Kier molecular flexibility index (Phi) is 5.88. The molecule has 2 aromatic carbocycles. The monoisotopic (exact) mass is 312 g/mol. The van der Waals surface area contributed by atoms with Crippen molar-refractivity contribution in [3.05, 3.63) is 71.3 Å². The van der Waals surface area contributed by atoms with Gasteiger partial charge in [0, 0.05) is 12.0 Å². The summed E-state index contributed by atoms with van der Waals surface area (Å²) in [5.74, 6) is -0.395. The van der Waals surface area contributed by atoms with E-state index in [1.807, 2.05) is 47.8 Å². The summed E-state index contributed by atoms with van der Waals surface area (Å²) in [6.45, 7) is 2.81. The molecule has 0 aliphatic rings. The van der Waals surface area contributed by atoms with Gasteiger partial charge in [-0.25, -0.2) is 4.79 Å². The molecule has 2 aromatic rings. The Balaban J connectivity index is 2.04. The average Bonchev–Trinajstić information content (AvgIpc) is 2.53. The summed E-state index contributed by atoms with van der Waals surface area (Å²) in [6, 6.07) is 16.2. The third-order valence-corrected chi connectivity index (χ3v) is 3.76. The number of imide groups is 1. The van der Waals surface area contributed by atoms with Crippen LogP contribution in [-0.4, -0.2) is 18.5 Å². The van der Waals surface area contributed by atoms with E-state index in [0.29, 0.717) is 0 Å². The van der Waals surface area contributed by atoms with Crippen molar-refractivity contribution in [3.8, 4) is 0 Å². The van der Waals surface area contributed by atoms with Crippen molar-refractivity contribution in [2.45, 2.75) is 19.4 Å². The predicted molar refractivity (Wildman–Crippen MR) is 88.6 cm³/mol. The molecule has 0 radical (unpaired) electrons. The van der Waals surface area contributed by atoms with Crippen molar-refractivity contribution in [1.82, 2.24) is 5.32 Å². The number of carbonyl (C=O) groups excluding carboxylic acids is 2. The van der Waals surface area contributed by atoms with Crippen molar-refractivity contribution in [3.63, 3.8) is 0 Å². The zero-order valence-electron chi connectivity index (χ0n) is 13.2. The molecule has 0 aromatic heterocycles. The summed E-state index contributed by atoms with van der Waals surface area (Å²) in [6.07, 6.45) is 0.847. The van der Waals surface area contributed by atoms with Gasteiger partial charge in [-0.3, -0.25) is 10.1 Å². The standard InChI is InChI=1S/C18H21N3O2/c1-13-7-5-6-8-14(13)11-12-20-16(17(22)21-18(19)23)15-9-3-2-4-10-15/h2-10,16,20H,11-12H2,1H3,(H3,19,21,22,23)/p+1/t16-/m1/s1. The molecule has 120 valence electrons. The van der Waals surface area contributed by atoms with Gasteiger partial charge in [-0.1, -0.05) is 54.6 Å². The number of rotatable bonds is 6. The normalized spacial score (nSPS) is 11.7. The minimum atomic E-state index is -0.830. The molecule has 0 saturated carbocycles. The van der Waals surface area contributed by atoms with Gasteiger partial charge in [-0.15, -0.1) is 0 Å². The van der Waals surface area contributed by atoms with E-state index in [9.17, 15) is 9.59 Å². The van der Waals surface area contributed by atoms with Gasteiger partial charge < -0.3 is 11.1 Å². The molecule has 0 saturated heterocycles. The number of benzene rings is 2. The highest BCUT2D eigenvalue weighted by Crippen LogP contribution is 2.09. The van der Waals surface area contributed by atoms with E-state index in [-0.39, 0.29) is 0 Å². The second kappa shape index (κ2) is 8.10. The first-order chi connectivity index (χ1) is 11.1. The third kappa shape index (κ3) is 4.93. The third-order valence-electron chi connectivity index (χ3n) is 3.76. The van der Waals surface area contributed by atoms with Crippen molar-refractivity contribution < 1.29 is 14.9 Å². The van der Waals surface area contributed by atoms with Crippen LogP contribution < -0.4 is 16.4 Å². The van der Waals surface area contributed by atoms with E-state index >= 15 is 0 Å². The Morgan fingerprint density at radius 2 is 1.74 bits per heavy atom. The van der Waals surface area contributed by atoms with Crippen LogP contribution in [0.5, 0.6) is 0 Å². The van der Waals surface area contributed by atoms with Crippen LogP contribution in [0.4, 0.5) is 4.79 Å². The van der Waals surface area contributed by atoms with E-state index < -0.39 is 18.0 Å². The molecule has 0 fully saturated rings. The van der Waals surface area contributed by atoms with Crippen molar-refractivity contribution in [2.24, 2.45) is 5.73 Å². The summed E-state index contributed by atoms with van der Waals surface area (Å²) in [5, 5.41) is 4.10. The molecular formula is C18H22N3O2+. The number of aryl methyl sites for hydroxylation is 1. The van der Waals surface area contributed by atoms with E-state index in [1.165, 1.54) is 11.1 Å². The maximum Gasteiger partial charge on any atom is 0.319 e. The zero-order chi connectivity index (χ0) is 16.7. The van der Waals surface area contributed by atoms with Crippen molar-refractivity contribution >= 4 is 11.9 Å². The van der Waals surface area contributed by atoms with Gasteiger partial charge >= 0.3 is 6.03 Å². The summed E-state index contributed by atoms with van der Waals surface area (Å²) in [5.41, 5.74) is 8.40. The van der Waals surface area contributed by atoms with E-state index in [0.717, 1.165) is 18.5 Å². The summed E-state index contributed by atoms with van der Waals surface area (Å²) < 4.78 is 0. The number of hydrogen-bond donors (Lipinski definition) is 3. The molecule has 0 spiro atoms. The number of hydrogen-bond acceptors (Lipinski definition) is 2. The molecule has 23 heavy (non-hydrogen) atoms. The Hall–Kier alpha value is -2.66. The number of primary amides is 1. The Morgan fingerprint density at radius 3 is 2.39 bits per heavy atom. The van der Waals surface area contributed by atoms with Crippen LogP contribution in [0.1, 0.15) is 22.7 Å². The highest BCUT2D eigenvalue weighted by molar-refractivity contribution is 5.96.